The lowest BCUT2D eigenvalue weighted by Crippen LogP contribution is -2.54. The first-order valence-corrected chi connectivity index (χ1v) is 10.6. The average molecular weight is 485 g/mol. The monoisotopic (exact) mass is 484 g/mol. The molecule has 2 aliphatic rings. The zero-order valence-electron chi connectivity index (χ0n) is 18.2. The van der Waals surface area contributed by atoms with Crippen LogP contribution < -0.4 is 16.4 Å². The lowest BCUT2D eigenvalue weighted by atomic mass is 10.0. The molecule has 1 aromatic carbocycles. The number of carbonyl (C=O) groups excluding carboxylic acids is 4. The van der Waals surface area contributed by atoms with Gasteiger partial charge in [0, 0.05) is 25.2 Å². The maximum absolute atomic E-state index is 12.8. The Labute approximate surface area is 197 Å². The van der Waals surface area contributed by atoms with E-state index in [-0.39, 0.29) is 36.4 Å². The average Bonchev–Trinajstić information content (AvgIpc) is 3.02. The van der Waals surface area contributed by atoms with E-state index < -0.39 is 29.7 Å². The number of benzene rings is 1. The molecule has 0 aromatic heterocycles. The first kappa shape index (κ1) is 26.7. The third kappa shape index (κ3) is 6.95. The summed E-state index contributed by atoms with van der Waals surface area (Å²) < 4.78 is 16.0. The van der Waals surface area contributed by atoms with Crippen molar-refractivity contribution in [1.82, 2.24) is 10.2 Å². The molecule has 1 aromatic rings. The summed E-state index contributed by atoms with van der Waals surface area (Å²) >= 11 is 0. The lowest BCUT2D eigenvalue weighted by Gasteiger charge is -2.27. The highest BCUT2D eigenvalue weighted by molar-refractivity contribution is 6.23. The Balaban J connectivity index is 0.00000385. The molecule has 0 saturated carbocycles. The summed E-state index contributed by atoms with van der Waals surface area (Å²) in [6, 6.07) is 3.87. The van der Waals surface area contributed by atoms with Crippen molar-refractivity contribution >= 4 is 41.7 Å². The largest absolute Gasteiger partial charge is 0.383 e. The van der Waals surface area contributed by atoms with Gasteiger partial charge in [-0.15, -0.1) is 12.4 Å². The van der Waals surface area contributed by atoms with Crippen LogP contribution in [0, 0.1) is 0 Å². The second-order valence-electron chi connectivity index (χ2n) is 7.26. The maximum atomic E-state index is 12.8. The van der Waals surface area contributed by atoms with Gasteiger partial charge in [-0.2, -0.15) is 0 Å². The second kappa shape index (κ2) is 13.2. The molecule has 1 fully saturated rings. The standard InChI is InChI=1S/C21H28N4O7.ClH/c22-5-7-30-9-11-32-12-10-31-8-6-23-14-1-2-15-16(13-14)21(29)25(20(15)28)17-3-4-18(26)24-19(17)27;/h1-2,13,17,23H,3-12,22H2,(H,24,26,27);1H. The smallest absolute Gasteiger partial charge is 0.262 e. The minimum Gasteiger partial charge on any atom is -0.383 e. The topological polar surface area (TPSA) is 149 Å². The zero-order valence-corrected chi connectivity index (χ0v) is 19.0. The van der Waals surface area contributed by atoms with Gasteiger partial charge in [-0.05, 0) is 24.6 Å². The van der Waals surface area contributed by atoms with E-state index in [9.17, 15) is 19.2 Å². The Hall–Kier alpha value is -2.57. The predicted molar refractivity (Wildman–Crippen MR) is 120 cm³/mol. The molecule has 4 amide bonds. The van der Waals surface area contributed by atoms with Crippen molar-refractivity contribution < 1.29 is 33.4 Å². The Morgan fingerprint density at radius 2 is 1.58 bits per heavy atom. The van der Waals surface area contributed by atoms with E-state index in [0.717, 1.165) is 4.90 Å². The summed E-state index contributed by atoms with van der Waals surface area (Å²) in [5.41, 5.74) is 6.45. The summed E-state index contributed by atoms with van der Waals surface area (Å²) in [6.07, 6.45) is 0.215. The summed E-state index contributed by atoms with van der Waals surface area (Å²) in [4.78, 5) is 49.9. The number of amides is 4. The van der Waals surface area contributed by atoms with Crippen molar-refractivity contribution in [1.29, 1.82) is 0 Å². The lowest BCUT2D eigenvalue weighted by molar-refractivity contribution is -0.136. The van der Waals surface area contributed by atoms with Gasteiger partial charge in [-0.1, -0.05) is 0 Å². The van der Waals surface area contributed by atoms with Crippen LogP contribution in [0.5, 0.6) is 0 Å². The van der Waals surface area contributed by atoms with Gasteiger partial charge in [0.1, 0.15) is 6.04 Å². The van der Waals surface area contributed by atoms with E-state index in [1.54, 1.807) is 18.2 Å². The van der Waals surface area contributed by atoms with Gasteiger partial charge >= 0.3 is 0 Å². The van der Waals surface area contributed by atoms with Crippen LogP contribution in [0.4, 0.5) is 5.69 Å². The SMILES string of the molecule is Cl.NCCOCCOCCOCCNc1ccc2c(c1)C(=O)N(C1CCC(=O)NC1=O)C2=O. The molecule has 33 heavy (non-hydrogen) atoms. The first-order valence-electron chi connectivity index (χ1n) is 10.6. The number of halogens is 1. The summed E-state index contributed by atoms with van der Waals surface area (Å²) in [5, 5.41) is 5.32. The van der Waals surface area contributed by atoms with E-state index >= 15 is 0 Å². The van der Waals surface area contributed by atoms with Crippen LogP contribution in [0.3, 0.4) is 0 Å². The molecule has 2 aliphatic heterocycles. The molecule has 182 valence electrons. The number of piperidine rings is 1. The first-order chi connectivity index (χ1) is 15.5. The molecule has 2 heterocycles. The van der Waals surface area contributed by atoms with E-state index in [4.69, 9.17) is 19.9 Å². The molecule has 1 unspecified atom stereocenters. The highest BCUT2D eigenvalue weighted by Gasteiger charge is 2.44. The van der Waals surface area contributed by atoms with Crippen molar-refractivity contribution in [3.8, 4) is 0 Å². The normalized spacial score (nSPS) is 17.6. The molecule has 1 saturated heterocycles. The van der Waals surface area contributed by atoms with E-state index in [2.05, 4.69) is 10.6 Å². The number of hydrogen-bond donors (Lipinski definition) is 3. The molecule has 0 aliphatic carbocycles. The number of nitrogens with two attached hydrogens (primary N) is 1. The molecule has 0 bridgehead atoms. The Kier molecular flexibility index (Phi) is 10.7. The van der Waals surface area contributed by atoms with E-state index in [0.29, 0.717) is 58.4 Å². The van der Waals surface area contributed by atoms with Crippen LogP contribution in [0.1, 0.15) is 33.6 Å². The number of ether oxygens (including phenoxy) is 3. The summed E-state index contributed by atoms with van der Waals surface area (Å²) in [5.74, 6) is -2.09. The number of nitrogens with one attached hydrogen (secondary N) is 2. The van der Waals surface area contributed by atoms with E-state index in [1.165, 1.54) is 0 Å². The quantitative estimate of drug-likeness (QED) is 0.258. The summed E-state index contributed by atoms with van der Waals surface area (Å²) in [7, 11) is 0. The van der Waals surface area contributed by atoms with Crippen molar-refractivity contribution in [2.45, 2.75) is 18.9 Å². The number of nitrogens with zero attached hydrogens (tertiary/aromatic N) is 1. The maximum Gasteiger partial charge on any atom is 0.262 e. The minimum atomic E-state index is -0.973. The Morgan fingerprint density at radius 1 is 0.939 bits per heavy atom. The zero-order chi connectivity index (χ0) is 22.9. The highest BCUT2D eigenvalue weighted by atomic mass is 35.5. The Bertz CT molecular complexity index is 867. The highest BCUT2D eigenvalue weighted by Crippen LogP contribution is 2.29. The van der Waals surface area contributed by atoms with Crippen LogP contribution in [0.2, 0.25) is 0 Å². The van der Waals surface area contributed by atoms with Crippen molar-refractivity contribution in [2.75, 3.05) is 58.0 Å². The van der Waals surface area contributed by atoms with Gasteiger partial charge in [-0.3, -0.25) is 29.4 Å². The number of hydrogen-bond acceptors (Lipinski definition) is 9. The molecule has 3 rings (SSSR count). The molecule has 0 spiro atoms. The minimum absolute atomic E-state index is 0. The number of carbonyl (C=O) groups is 4. The molecule has 1 atom stereocenters. The Morgan fingerprint density at radius 3 is 2.24 bits per heavy atom. The fraction of sp³-hybridized carbons (Fsp3) is 0.524. The van der Waals surface area contributed by atoms with Crippen LogP contribution in [-0.2, 0) is 23.8 Å². The van der Waals surface area contributed by atoms with Crippen molar-refractivity contribution in [3.05, 3.63) is 29.3 Å². The van der Waals surface area contributed by atoms with Crippen LogP contribution in [0.25, 0.3) is 0 Å². The van der Waals surface area contributed by atoms with Gasteiger partial charge < -0.3 is 25.3 Å². The van der Waals surface area contributed by atoms with Gasteiger partial charge in [0.25, 0.3) is 11.8 Å². The third-order valence-corrected chi connectivity index (χ3v) is 5.02. The molecule has 0 radical (unpaired) electrons. The second-order valence-corrected chi connectivity index (χ2v) is 7.26. The number of rotatable bonds is 13. The van der Waals surface area contributed by atoms with Crippen molar-refractivity contribution in [3.63, 3.8) is 0 Å². The van der Waals surface area contributed by atoms with Gasteiger partial charge in [0.15, 0.2) is 0 Å². The molecular weight excluding hydrogens is 456 g/mol. The fourth-order valence-electron chi connectivity index (χ4n) is 3.47. The number of fused-ring (bicyclic) bond motifs is 1. The molecule has 12 heteroatoms. The predicted octanol–water partition coefficient (Wildman–Crippen LogP) is -0.0700. The van der Waals surface area contributed by atoms with Gasteiger partial charge in [-0.25, -0.2) is 0 Å². The van der Waals surface area contributed by atoms with Gasteiger partial charge in [0.05, 0.1) is 50.8 Å². The van der Waals surface area contributed by atoms with Crippen LogP contribution >= 0.6 is 12.4 Å². The van der Waals surface area contributed by atoms with Crippen LogP contribution in [-0.4, -0.2) is 87.3 Å². The van der Waals surface area contributed by atoms with Crippen molar-refractivity contribution in [2.24, 2.45) is 5.73 Å². The molecule has 4 N–H and O–H groups in total. The van der Waals surface area contributed by atoms with Gasteiger partial charge in [0.2, 0.25) is 11.8 Å². The third-order valence-electron chi connectivity index (χ3n) is 5.02. The van der Waals surface area contributed by atoms with Crippen LogP contribution in [0.15, 0.2) is 18.2 Å². The fourth-order valence-corrected chi connectivity index (χ4v) is 3.47. The molecule has 11 nitrogen and oxygen atoms in total. The summed E-state index contributed by atoms with van der Waals surface area (Å²) in [6.45, 7) is 3.81. The number of imide groups is 2. The number of anilines is 1. The molecular formula is C21H29ClN4O7. The van der Waals surface area contributed by atoms with E-state index in [1.807, 2.05) is 0 Å².